The molecule has 23 heavy (non-hydrogen) atoms. The van der Waals surface area contributed by atoms with Gasteiger partial charge in [0.2, 0.25) is 21.6 Å². The Labute approximate surface area is 137 Å². The molecule has 4 N–H and O–H groups in total. The van der Waals surface area contributed by atoms with E-state index in [4.69, 9.17) is 16.0 Å². The first-order chi connectivity index (χ1) is 10.8. The number of benzene rings is 1. The van der Waals surface area contributed by atoms with E-state index in [0.29, 0.717) is 29.2 Å². The van der Waals surface area contributed by atoms with E-state index < -0.39 is 26.7 Å². The number of amides is 1. The Bertz CT molecular complexity index is 819. The summed E-state index contributed by atoms with van der Waals surface area (Å²) in [5.41, 5.74) is 4.70. The minimum atomic E-state index is -4.01. The molecule has 0 bridgehead atoms. The lowest BCUT2D eigenvalue weighted by Crippen LogP contribution is -2.51. The van der Waals surface area contributed by atoms with Gasteiger partial charge >= 0.3 is 5.22 Å². The average molecular weight is 360 g/mol. The van der Waals surface area contributed by atoms with Gasteiger partial charge in [-0.3, -0.25) is 4.79 Å². The summed E-state index contributed by atoms with van der Waals surface area (Å²) < 4.78 is 29.2. The Morgan fingerprint density at radius 3 is 2.83 bits per heavy atom. The van der Waals surface area contributed by atoms with Crippen LogP contribution in [0.25, 0.3) is 0 Å². The summed E-state index contributed by atoms with van der Waals surface area (Å²) in [6, 6.07) is 4.96. The van der Waals surface area contributed by atoms with Crippen molar-refractivity contribution >= 4 is 33.0 Å². The maximum absolute atomic E-state index is 12.1. The highest BCUT2D eigenvalue weighted by Crippen LogP contribution is 2.23. The number of carbonyl (C=O) groups excluding carboxylic acids is 1. The van der Waals surface area contributed by atoms with Crippen molar-refractivity contribution in [3.8, 4) is 0 Å². The van der Waals surface area contributed by atoms with Gasteiger partial charge in [-0.05, 0) is 24.6 Å². The fourth-order valence-electron chi connectivity index (χ4n) is 1.78. The van der Waals surface area contributed by atoms with Crippen molar-refractivity contribution in [1.82, 2.24) is 10.2 Å². The zero-order chi connectivity index (χ0) is 17.0. The van der Waals surface area contributed by atoms with Gasteiger partial charge in [0.1, 0.15) is 5.75 Å². The lowest BCUT2D eigenvalue weighted by Gasteiger charge is -2.08. The maximum atomic E-state index is 12.1. The smallest absolute Gasteiger partial charge is 0.336 e. The van der Waals surface area contributed by atoms with Gasteiger partial charge < -0.3 is 15.5 Å². The third-order valence-corrected chi connectivity index (χ3v) is 4.72. The zero-order valence-electron chi connectivity index (χ0n) is 12.4. The molecule has 0 fully saturated rings. The summed E-state index contributed by atoms with van der Waals surface area (Å²) in [6.07, 6.45) is 0.371. The number of nitrogens with one attached hydrogen (secondary N) is 1. The first-order valence-corrected chi connectivity index (χ1v) is 8.76. The molecule has 8 nitrogen and oxygen atoms in total. The van der Waals surface area contributed by atoms with Crippen molar-refractivity contribution in [1.29, 1.82) is 0 Å². The van der Waals surface area contributed by atoms with Crippen LogP contribution in [0.15, 0.2) is 27.8 Å². The number of hydrogen-bond acceptors (Lipinski definition) is 6. The van der Waals surface area contributed by atoms with Crippen molar-refractivity contribution in [2.24, 2.45) is 0 Å². The van der Waals surface area contributed by atoms with E-state index in [2.05, 4.69) is 21.2 Å². The molecule has 0 saturated carbocycles. The number of hydrogen-bond donors (Lipinski definition) is 2. The monoisotopic (exact) mass is 359 g/mol. The largest absolute Gasteiger partial charge is 0.412 e. The predicted molar refractivity (Wildman–Crippen MR) is 82.6 cm³/mol. The second-order valence-corrected chi connectivity index (χ2v) is 7.06. The second kappa shape index (κ2) is 7.07. The summed E-state index contributed by atoms with van der Waals surface area (Å²) in [4.78, 5) is 12.0. The quantitative estimate of drug-likeness (QED) is 0.759. The number of aromatic nitrogens is 2. The van der Waals surface area contributed by atoms with Crippen molar-refractivity contribution in [2.45, 2.75) is 18.6 Å². The van der Waals surface area contributed by atoms with Crippen LogP contribution in [0, 0.1) is 6.92 Å². The Morgan fingerprint density at radius 2 is 2.13 bits per heavy atom. The van der Waals surface area contributed by atoms with Crippen LogP contribution >= 0.6 is 11.6 Å². The van der Waals surface area contributed by atoms with E-state index in [1.807, 2.05) is 0 Å². The maximum Gasteiger partial charge on any atom is 0.336 e. The zero-order valence-corrected chi connectivity index (χ0v) is 13.9. The fourth-order valence-corrected chi connectivity index (χ4v) is 2.88. The predicted octanol–water partition coefficient (Wildman–Crippen LogP) is 0.228. The number of rotatable bonds is 6. The molecule has 1 aromatic heterocycles. The lowest BCUT2D eigenvalue weighted by molar-refractivity contribution is -0.367. The topological polar surface area (TPSA) is 130 Å². The lowest BCUT2D eigenvalue weighted by atomic mass is 10.2. The van der Waals surface area contributed by atoms with E-state index in [0.717, 1.165) is 0 Å². The number of halogens is 1. The van der Waals surface area contributed by atoms with Crippen LogP contribution in [-0.2, 0) is 21.1 Å². The number of nitrogens with zero attached hydrogens (tertiary/aromatic N) is 2. The summed E-state index contributed by atoms with van der Waals surface area (Å²) in [5, 5.41) is 9.48. The van der Waals surface area contributed by atoms with E-state index >= 15 is 0 Å². The van der Waals surface area contributed by atoms with E-state index in [-0.39, 0.29) is 5.89 Å². The van der Waals surface area contributed by atoms with Gasteiger partial charge in [0.05, 0.1) is 13.0 Å². The van der Waals surface area contributed by atoms with Crippen LogP contribution in [0.1, 0.15) is 11.5 Å². The van der Waals surface area contributed by atoms with Gasteiger partial charge in [0.15, 0.2) is 0 Å². The van der Waals surface area contributed by atoms with Gasteiger partial charge in [0.25, 0.3) is 0 Å². The van der Waals surface area contributed by atoms with Crippen molar-refractivity contribution < 1.29 is 23.4 Å². The van der Waals surface area contributed by atoms with Crippen LogP contribution in [0.3, 0.4) is 0 Å². The second-order valence-electron chi connectivity index (χ2n) is 4.78. The molecule has 1 heterocycles. The molecule has 0 atom stereocenters. The highest BCUT2D eigenvalue weighted by atomic mass is 35.5. The van der Waals surface area contributed by atoms with E-state index in [9.17, 15) is 13.2 Å². The minimum Gasteiger partial charge on any atom is -0.412 e. The summed E-state index contributed by atoms with van der Waals surface area (Å²) in [7, 11) is -4.01. The minimum absolute atomic E-state index is 0.171. The van der Waals surface area contributed by atoms with Gasteiger partial charge in [-0.2, -0.15) is 0 Å². The fraction of sp³-hybridized carbons (Fsp3) is 0.308. The summed E-state index contributed by atoms with van der Waals surface area (Å²) in [5.74, 6) is -1.35. The molecule has 1 aromatic carbocycles. The molecule has 10 heteroatoms. The molecular weight excluding hydrogens is 344 g/mol. The Kier molecular flexibility index (Phi) is 5.34. The molecule has 2 aromatic rings. The number of anilines is 1. The van der Waals surface area contributed by atoms with Crippen LogP contribution in [0.2, 0.25) is 5.02 Å². The molecule has 0 radical (unpaired) electrons. The summed E-state index contributed by atoms with van der Waals surface area (Å²) in [6.45, 7) is 2.21. The molecule has 0 aliphatic carbocycles. The third kappa shape index (κ3) is 4.27. The van der Waals surface area contributed by atoms with Gasteiger partial charge in [-0.25, -0.2) is 8.42 Å². The molecule has 0 aliphatic rings. The van der Waals surface area contributed by atoms with Crippen LogP contribution < -0.4 is 11.1 Å². The molecule has 0 aliphatic heterocycles. The van der Waals surface area contributed by atoms with E-state index in [1.165, 1.54) is 0 Å². The Balaban J connectivity index is 2.10. The highest BCUT2D eigenvalue weighted by molar-refractivity contribution is 7.91. The first-order valence-electron chi connectivity index (χ1n) is 6.73. The number of sulfone groups is 1. The Hall–Kier alpha value is -1.97. The number of carbonyl (C=O) groups is 1. The molecular formula is C13H16ClN4O4S+. The number of quaternary nitrogens is 1. The van der Waals surface area contributed by atoms with E-state index in [1.54, 1.807) is 25.1 Å². The average Bonchev–Trinajstić information content (AvgIpc) is 2.93. The van der Waals surface area contributed by atoms with Crippen LogP contribution in [0.5, 0.6) is 0 Å². The van der Waals surface area contributed by atoms with Gasteiger partial charge in [-0.15, -0.1) is 5.10 Å². The molecule has 0 unspecified atom stereocenters. The highest BCUT2D eigenvalue weighted by Gasteiger charge is 2.26. The van der Waals surface area contributed by atoms with Crippen molar-refractivity contribution in [3.05, 3.63) is 34.7 Å². The third-order valence-electron chi connectivity index (χ3n) is 2.97. The molecule has 1 amide bonds. The molecule has 0 saturated heterocycles. The van der Waals surface area contributed by atoms with Gasteiger partial charge in [0, 0.05) is 10.7 Å². The SMILES string of the molecule is Cc1c(Cl)cccc1NC(=O)CS(=O)(=O)c1nnc(CC[NH3+])o1. The van der Waals surface area contributed by atoms with Crippen LogP contribution in [-0.4, -0.2) is 36.8 Å². The Morgan fingerprint density at radius 1 is 1.39 bits per heavy atom. The first kappa shape index (κ1) is 17.4. The van der Waals surface area contributed by atoms with Crippen LogP contribution in [0.4, 0.5) is 5.69 Å². The normalized spacial score (nSPS) is 11.4. The van der Waals surface area contributed by atoms with Crippen molar-refractivity contribution in [2.75, 3.05) is 17.6 Å². The van der Waals surface area contributed by atoms with Gasteiger partial charge in [-0.1, -0.05) is 22.8 Å². The summed E-state index contributed by atoms with van der Waals surface area (Å²) >= 11 is 5.95. The molecule has 0 spiro atoms. The molecule has 124 valence electrons. The van der Waals surface area contributed by atoms with Crippen molar-refractivity contribution in [3.63, 3.8) is 0 Å². The molecule has 2 rings (SSSR count). The standard InChI is InChI=1S/C13H15ClN4O4S/c1-8-9(14)3-2-4-10(8)16-11(19)7-23(20,21)13-18-17-12(22-13)5-6-15/h2-4H,5-7,15H2,1H3,(H,16,19)/p+1.